The summed E-state index contributed by atoms with van der Waals surface area (Å²) in [5, 5.41) is 5.66. The highest BCUT2D eigenvalue weighted by Gasteiger charge is 2.21. The second-order valence-corrected chi connectivity index (χ2v) is 5.96. The third-order valence-corrected chi connectivity index (χ3v) is 4.06. The van der Waals surface area contributed by atoms with Gasteiger partial charge in [0.1, 0.15) is 6.04 Å². The van der Waals surface area contributed by atoms with E-state index in [1.807, 2.05) is 6.07 Å². The highest BCUT2D eigenvalue weighted by Crippen LogP contribution is 2.25. The minimum absolute atomic E-state index is 0.0595. The molecule has 1 aliphatic carbocycles. The Morgan fingerprint density at radius 3 is 2.52 bits per heavy atom. The zero-order valence-corrected chi connectivity index (χ0v) is 13.5. The van der Waals surface area contributed by atoms with E-state index < -0.39 is 6.04 Å². The fourth-order valence-corrected chi connectivity index (χ4v) is 2.77. The highest BCUT2D eigenvalue weighted by atomic mass is 16.5. The summed E-state index contributed by atoms with van der Waals surface area (Å²) in [4.78, 5) is 24.1. The normalized spacial score (nSPS) is 16.6. The van der Waals surface area contributed by atoms with Gasteiger partial charge in [-0.25, -0.2) is 0 Å². The van der Waals surface area contributed by atoms with Crippen LogP contribution in [-0.2, 0) is 14.3 Å². The van der Waals surface area contributed by atoms with E-state index in [4.69, 9.17) is 10.5 Å². The summed E-state index contributed by atoms with van der Waals surface area (Å²) < 4.78 is 4.86. The van der Waals surface area contributed by atoms with Crippen LogP contribution in [0, 0.1) is 5.92 Å². The summed E-state index contributed by atoms with van der Waals surface area (Å²) in [6.45, 7) is 0.157. The molecule has 1 fully saturated rings. The first kappa shape index (κ1) is 17.4. The summed E-state index contributed by atoms with van der Waals surface area (Å²) >= 11 is 0. The van der Waals surface area contributed by atoms with Gasteiger partial charge in [0.05, 0.1) is 6.61 Å². The van der Waals surface area contributed by atoms with Crippen LogP contribution in [0.3, 0.4) is 0 Å². The van der Waals surface area contributed by atoms with E-state index in [-0.39, 0.29) is 24.3 Å². The Bertz CT molecular complexity index is 542. The Kier molecular flexibility index (Phi) is 6.55. The van der Waals surface area contributed by atoms with Gasteiger partial charge in [-0.2, -0.15) is 0 Å². The van der Waals surface area contributed by atoms with Crippen molar-refractivity contribution in [2.45, 2.75) is 38.1 Å². The first-order valence-electron chi connectivity index (χ1n) is 8.06. The number of hydrogen-bond donors (Lipinski definition) is 3. The lowest BCUT2D eigenvalue weighted by atomic mass is 9.88. The molecule has 23 heavy (non-hydrogen) atoms. The fourth-order valence-electron chi connectivity index (χ4n) is 2.77. The maximum atomic E-state index is 12.3. The topological polar surface area (TPSA) is 93.4 Å². The van der Waals surface area contributed by atoms with Crippen molar-refractivity contribution in [1.29, 1.82) is 0 Å². The average Bonchev–Trinajstić information content (AvgIpc) is 2.56. The molecule has 0 radical (unpaired) electrons. The molecular formula is C17H25N3O3. The molecule has 2 rings (SSSR count). The van der Waals surface area contributed by atoms with Crippen molar-refractivity contribution in [2.75, 3.05) is 24.4 Å². The summed E-state index contributed by atoms with van der Waals surface area (Å²) in [5.74, 6) is -0.163. The molecule has 0 bridgehead atoms. The number of carbonyl (C=O) groups excluding carboxylic acids is 2. The van der Waals surface area contributed by atoms with Crippen LogP contribution in [0.1, 0.15) is 32.1 Å². The molecule has 6 heteroatoms. The largest absolute Gasteiger partial charge is 0.383 e. The Morgan fingerprint density at radius 1 is 1.22 bits per heavy atom. The number of rotatable bonds is 6. The molecule has 1 atom stereocenters. The number of benzene rings is 1. The van der Waals surface area contributed by atoms with Crippen LogP contribution >= 0.6 is 0 Å². The van der Waals surface area contributed by atoms with Gasteiger partial charge in [-0.05, 0) is 31.0 Å². The number of amides is 2. The zero-order valence-electron chi connectivity index (χ0n) is 13.5. The number of hydrogen-bond acceptors (Lipinski definition) is 4. The molecule has 1 unspecified atom stereocenters. The van der Waals surface area contributed by atoms with Gasteiger partial charge in [-0.3, -0.25) is 9.59 Å². The molecule has 1 aromatic rings. The third kappa shape index (κ3) is 5.33. The number of methoxy groups -OCH3 is 1. The van der Waals surface area contributed by atoms with Crippen LogP contribution in [0.15, 0.2) is 24.3 Å². The maximum absolute atomic E-state index is 12.3. The number of ether oxygens (including phenoxy) is 1. The van der Waals surface area contributed by atoms with Crippen LogP contribution in [-0.4, -0.2) is 31.6 Å². The van der Waals surface area contributed by atoms with Crippen molar-refractivity contribution in [2.24, 2.45) is 11.7 Å². The maximum Gasteiger partial charge on any atom is 0.243 e. The van der Waals surface area contributed by atoms with Crippen LogP contribution in [0.25, 0.3) is 0 Å². The molecule has 0 saturated heterocycles. The summed E-state index contributed by atoms with van der Waals surface area (Å²) in [6.07, 6.45) is 5.35. The molecule has 0 aromatic heterocycles. The third-order valence-electron chi connectivity index (χ3n) is 4.06. The first-order valence-corrected chi connectivity index (χ1v) is 8.06. The Labute approximate surface area is 136 Å². The van der Waals surface area contributed by atoms with Crippen molar-refractivity contribution in [1.82, 2.24) is 0 Å². The van der Waals surface area contributed by atoms with E-state index in [9.17, 15) is 9.59 Å². The lowest BCUT2D eigenvalue weighted by molar-refractivity contribution is -0.120. The Balaban J connectivity index is 1.93. The lowest BCUT2D eigenvalue weighted by Crippen LogP contribution is -2.39. The van der Waals surface area contributed by atoms with Crippen LogP contribution < -0.4 is 16.4 Å². The second kappa shape index (κ2) is 8.64. The molecule has 0 heterocycles. The number of anilines is 2. The van der Waals surface area contributed by atoms with Gasteiger partial charge in [-0.15, -0.1) is 0 Å². The molecular weight excluding hydrogens is 294 g/mol. The van der Waals surface area contributed by atoms with E-state index in [0.717, 1.165) is 25.7 Å². The van der Waals surface area contributed by atoms with Gasteiger partial charge in [0.25, 0.3) is 0 Å². The van der Waals surface area contributed by atoms with Crippen LogP contribution in [0.2, 0.25) is 0 Å². The van der Waals surface area contributed by atoms with Crippen molar-refractivity contribution >= 4 is 23.2 Å². The van der Waals surface area contributed by atoms with E-state index in [0.29, 0.717) is 11.4 Å². The molecule has 2 amide bonds. The highest BCUT2D eigenvalue weighted by molar-refractivity contribution is 5.96. The first-order chi connectivity index (χ1) is 11.1. The monoisotopic (exact) mass is 319 g/mol. The molecule has 1 saturated carbocycles. The van der Waals surface area contributed by atoms with E-state index >= 15 is 0 Å². The summed E-state index contributed by atoms with van der Waals surface area (Å²) in [6, 6.07) is 6.37. The Hall–Kier alpha value is -1.92. The molecule has 126 valence electrons. The predicted octanol–water partition coefficient (Wildman–Crippen LogP) is 2.12. The standard InChI is InChI=1S/C17H25N3O3/c1-23-11-15(18)17(22)20-14-9-5-8-13(10-14)19-16(21)12-6-3-2-4-7-12/h5,8-10,12,15H,2-4,6-7,11,18H2,1H3,(H,19,21)(H,20,22). The van der Waals surface area contributed by atoms with Gasteiger partial charge >= 0.3 is 0 Å². The van der Waals surface area contributed by atoms with Crippen LogP contribution in [0.5, 0.6) is 0 Å². The molecule has 1 aliphatic rings. The molecule has 0 aliphatic heterocycles. The van der Waals surface area contributed by atoms with Gasteiger partial charge in [0.15, 0.2) is 0 Å². The number of nitrogens with one attached hydrogen (secondary N) is 2. The molecule has 0 spiro atoms. The van der Waals surface area contributed by atoms with Crippen LogP contribution in [0.4, 0.5) is 11.4 Å². The number of nitrogens with two attached hydrogens (primary N) is 1. The quantitative estimate of drug-likeness (QED) is 0.748. The fraction of sp³-hybridized carbons (Fsp3) is 0.529. The predicted molar refractivity (Wildman–Crippen MR) is 90.1 cm³/mol. The minimum Gasteiger partial charge on any atom is -0.383 e. The number of carbonyl (C=O) groups is 2. The second-order valence-electron chi connectivity index (χ2n) is 5.96. The molecule has 4 N–H and O–H groups in total. The summed E-state index contributed by atoms with van der Waals surface area (Å²) in [5.41, 5.74) is 6.96. The van der Waals surface area contributed by atoms with E-state index in [1.165, 1.54) is 13.5 Å². The van der Waals surface area contributed by atoms with Crippen molar-refractivity contribution in [3.63, 3.8) is 0 Å². The van der Waals surface area contributed by atoms with Crippen molar-refractivity contribution < 1.29 is 14.3 Å². The van der Waals surface area contributed by atoms with Crippen molar-refractivity contribution in [3.8, 4) is 0 Å². The van der Waals surface area contributed by atoms with Gasteiger partial charge in [0, 0.05) is 24.4 Å². The molecule has 1 aromatic carbocycles. The average molecular weight is 319 g/mol. The minimum atomic E-state index is -0.722. The smallest absolute Gasteiger partial charge is 0.243 e. The SMILES string of the molecule is COCC(N)C(=O)Nc1cccc(NC(=O)C2CCCCC2)c1. The van der Waals surface area contributed by atoms with E-state index in [1.54, 1.807) is 18.2 Å². The van der Waals surface area contributed by atoms with Gasteiger partial charge in [-0.1, -0.05) is 25.3 Å². The molecule has 6 nitrogen and oxygen atoms in total. The van der Waals surface area contributed by atoms with Gasteiger partial charge in [0.2, 0.25) is 11.8 Å². The zero-order chi connectivity index (χ0) is 16.7. The van der Waals surface area contributed by atoms with E-state index in [2.05, 4.69) is 10.6 Å². The Morgan fingerprint density at radius 2 is 1.87 bits per heavy atom. The summed E-state index contributed by atoms with van der Waals surface area (Å²) in [7, 11) is 1.49. The lowest BCUT2D eigenvalue weighted by Gasteiger charge is -2.21. The van der Waals surface area contributed by atoms with Crippen molar-refractivity contribution in [3.05, 3.63) is 24.3 Å². The van der Waals surface area contributed by atoms with Gasteiger partial charge < -0.3 is 21.1 Å².